The van der Waals surface area contributed by atoms with Crippen LogP contribution >= 0.6 is 0 Å². The lowest BCUT2D eigenvalue weighted by atomic mass is 9.94. The first-order valence-corrected chi connectivity index (χ1v) is 8.13. The maximum absolute atomic E-state index is 11.9. The molecule has 1 atom stereocenters. The van der Waals surface area contributed by atoms with E-state index >= 15 is 0 Å². The molecule has 7 heteroatoms. The number of carbonyl (C=O) groups is 1. The Morgan fingerprint density at radius 1 is 1.26 bits per heavy atom. The average molecular weight is 294 g/mol. The molecule has 0 radical (unpaired) electrons. The van der Waals surface area contributed by atoms with E-state index in [1.54, 1.807) is 13.8 Å². The lowest BCUT2D eigenvalue weighted by molar-refractivity contribution is -0.138. The molecule has 2 N–H and O–H groups in total. The number of hydrogen-bond donors (Lipinski definition) is 2. The van der Waals surface area contributed by atoms with Crippen LogP contribution in [0.1, 0.15) is 40.5 Å². The number of rotatable bonds is 10. The second-order valence-electron chi connectivity index (χ2n) is 5.03. The summed E-state index contributed by atoms with van der Waals surface area (Å²) in [7, 11) is -3.50. The highest BCUT2D eigenvalue weighted by Gasteiger charge is 2.21. The summed E-state index contributed by atoms with van der Waals surface area (Å²) in [5, 5.41) is 8.84. The van der Waals surface area contributed by atoms with Gasteiger partial charge in [0.25, 0.3) is 10.2 Å². The molecule has 0 aliphatic rings. The average Bonchev–Trinajstić information content (AvgIpc) is 2.26. The topological polar surface area (TPSA) is 86.7 Å². The summed E-state index contributed by atoms with van der Waals surface area (Å²) in [6.45, 7) is 8.50. The fraction of sp³-hybridized carbons (Fsp3) is 0.917. The molecule has 0 aromatic heterocycles. The van der Waals surface area contributed by atoms with Crippen molar-refractivity contribution in [1.29, 1.82) is 0 Å². The van der Waals surface area contributed by atoms with Crippen LogP contribution in [-0.2, 0) is 15.0 Å². The van der Waals surface area contributed by atoms with Gasteiger partial charge in [-0.25, -0.2) is 4.72 Å². The second kappa shape index (κ2) is 8.50. The highest BCUT2D eigenvalue weighted by atomic mass is 32.2. The SMILES string of the molecule is CCN(CC)S(=O)(=O)NC[C@H](CC(=O)O)CC(C)C. The first-order chi connectivity index (χ1) is 8.72. The van der Waals surface area contributed by atoms with Gasteiger partial charge in [0, 0.05) is 26.1 Å². The molecule has 0 fully saturated rings. The first-order valence-electron chi connectivity index (χ1n) is 6.69. The number of nitrogens with one attached hydrogen (secondary N) is 1. The second-order valence-corrected chi connectivity index (χ2v) is 6.79. The van der Waals surface area contributed by atoms with E-state index in [1.165, 1.54) is 4.31 Å². The predicted octanol–water partition coefficient (Wildman–Crippen LogP) is 1.30. The predicted molar refractivity (Wildman–Crippen MR) is 75.0 cm³/mol. The van der Waals surface area contributed by atoms with Gasteiger partial charge < -0.3 is 5.11 Å². The van der Waals surface area contributed by atoms with Gasteiger partial charge in [0.1, 0.15) is 0 Å². The third-order valence-electron chi connectivity index (χ3n) is 2.87. The van der Waals surface area contributed by atoms with Crippen LogP contribution in [0.2, 0.25) is 0 Å². The van der Waals surface area contributed by atoms with E-state index in [9.17, 15) is 13.2 Å². The molecule has 19 heavy (non-hydrogen) atoms. The maximum Gasteiger partial charge on any atom is 0.303 e. The van der Waals surface area contributed by atoms with Crippen molar-refractivity contribution in [3.63, 3.8) is 0 Å². The molecule has 0 aliphatic carbocycles. The number of nitrogens with zero attached hydrogens (tertiary/aromatic N) is 1. The zero-order valence-electron chi connectivity index (χ0n) is 12.2. The molecule has 0 saturated heterocycles. The van der Waals surface area contributed by atoms with Crippen LogP contribution in [0.5, 0.6) is 0 Å². The first kappa shape index (κ1) is 18.3. The van der Waals surface area contributed by atoms with Crippen LogP contribution in [-0.4, -0.2) is 43.4 Å². The normalized spacial score (nSPS) is 14.0. The monoisotopic (exact) mass is 294 g/mol. The smallest absolute Gasteiger partial charge is 0.303 e. The Kier molecular flexibility index (Phi) is 8.20. The molecule has 0 rings (SSSR count). The van der Waals surface area contributed by atoms with Gasteiger partial charge in [0.2, 0.25) is 0 Å². The minimum absolute atomic E-state index is 0.0149. The molecular formula is C12H26N2O4S. The zero-order chi connectivity index (χ0) is 15.1. The van der Waals surface area contributed by atoms with E-state index in [-0.39, 0.29) is 18.9 Å². The fourth-order valence-electron chi connectivity index (χ4n) is 2.03. The van der Waals surface area contributed by atoms with E-state index in [2.05, 4.69) is 4.72 Å². The molecule has 0 aromatic carbocycles. The quantitative estimate of drug-likeness (QED) is 0.636. The standard InChI is InChI=1S/C12H26N2O4S/c1-5-14(6-2)19(17,18)13-9-11(7-10(3)4)8-12(15)16/h10-11,13H,5-9H2,1-4H3,(H,15,16)/t11-/m0/s1. The van der Waals surface area contributed by atoms with Crippen molar-refractivity contribution < 1.29 is 18.3 Å². The van der Waals surface area contributed by atoms with Crippen LogP contribution in [0.15, 0.2) is 0 Å². The van der Waals surface area contributed by atoms with Crippen molar-refractivity contribution in [3.8, 4) is 0 Å². The highest BCUT2D eigenvalue weighted by Crippen LogP contribution is 2.15. The van der Waals surface area contributed by atoms with Gasteiger partial charge in [-0.05, 0) is 18.3 Å². The zero-order valence-corrected chi connectivity index (χ0v) is 13.0. The van der Waals surface area contributed by atoms with Gasteiger partial charge in [0.15, 0.2) is 0 Å². The van der Waals surface area contributed by atoms with E-state index < -0.39 is 16.2 Å². The molecule has 0 aliphatic heterocycles. The number of aliphatic carboxylic acids is 1. The molecular weight excluding hydrogens is 268 g/mol. The Labute approximate surface area is 116 Å². The molecule has 0 heterocycles. The van der Waals surface area contributed by atoms with Crippen molar-refractivity contribution >= 4 is 16.2 Å². The van der Waals surface area contributed by atoms with Gasteiger partial charge in [-0.15, -0.1) is 0 Å². The third kappa shape index (κ3) is 7.49. The number of hydrogen-bond acceptors (Lipinski definition) is 3. The third-order valence-corrected chi connectivity index (χ3v) is 4.60. The van der Waals surface area contributed by atoms with Crippen LogP contribution < -0.4 is 4.72 Å². The minimum atomic E-state index is -3.50. The Hall–Kier alpha value is -0.660. The van der Waals surface area contributed by atoms with E-state index in [0.717, 1.165) is 0 Å². The lowest BCUT2D eigenvalue weighted by Gasteiger charge is -2.22. The van der Waals surface area contributed by atoms with Crippen LogP contribution in [0, 0.1) is 11.8 Å². The molecule has 0 unspecified atom stereocenters. The van der Waals surface area contributed by atoms with Crippen LogP contribution in [0.4, 0.5) is 0 Å². The summed E-state index contributed by atoms with van der Waals surface area (Å²) in [6, 6.07) is 0. The Morgan fingerprint density at radius 2 is 1.79 bits per heavy atom. The van der Waals surface area contributed by atoms with Crippen molar-refractivity contribution in [1.82, 2.24) is 9.03 Å². The molecule has 0 bridgehead atoms. The van der Waals surface area contributed by atoms with E-state index in [4.69, 9.17) is 5.11 Å². The Morgan fingerprint density at radius 3 is 2.16 bits per heavy atom. The van der Waals surface area contributed by atoms with Crippen molar-refractivity contribution in [2.24, 2.45) is 11.8 Å². The van der Waals surface area contributed by atoms with Gasteiger partial charge >= 0.3 is 5.97 Å². The van der Waals surface area contributed by atoms with E-state index in [1.807, 2.05) is 13.8 Å². The Balaban J connectivity index is 4.56. The molecule has 6 nitrogen and oxygen atoms in total. The lowest BCUT2D eigenvalue weighted by Crippen LogP contribution is -2.42. The van der Waals surface area contributed by atoms with Crippen LogP contribution in [0.3, 0.4) is 0 Å². The molecule has 0 amide bonds. The summed E-state index contributed by atoms with van der Waals surface area (Å²) >= 11 is 0. The highest BCUT2D eigenvalue weighted by molar-refractivity contribution is 7.87. The molecule has 114 valence electrons. The number of carboxylic acid groups (broad SMARTS) is 1. The maximum atomic E-state index is 11.9. The van der Waals surface area contributed by atoms with Gasteiger partial charge in [-0.2, -0.15) is 12.7 Å². The minimum Gasteiger partial charge on any atom is -0.481 e. The summed E-state index contributed by atoms with van der Waals surface area (Å²) in [5.41, 5.74) is 0. The summed E-state index contributed by atoms with van der Waals surface area (Å²) in [5.74, 6) is -0.738. The van der Waals surface area contributed by atoms with Gasteiger partial charge in [-0.3, -0.25) is 4.79 Å². The van der Waals surface area contributed by atoms with Crippen molar-refractivity contribution in [2.45, 2.75) is 40.5 Å². The summed E-state index contributed by atoms with van der Waals surface area (Å²) in [6.07, 6.45) is 0.673. The molecule has 0 spiro atoms. The largest absolute Gasteiger partial charge is 0.481 e. The molecule has 0 aromatic rings. The summed E-state index contributed by atoms with van der Waals surface area (Å²) in [4.78, 5) is 10.8. The fourth-order valence-corrected chi connectivity index (χ4v) is 3.34. The van der Waals surface area contributed by atoms with Crippen LogP contribution in [0.25, 0.3) is 0 Å². The summed E-state index contributed by atoms with van der Waals surface area (Å²) < 4.78 is 27.7. The van der Waals surface area contributed by atoms with Crippen molar-refractivity contribution in [3.05, 3.63) is 0 Å². The Bertz CT molecular complexity index is 364. The van der Waals surface area contributed by atoms with Gasteiger partial charge in [-0.1, -0.05) is 27.7 Å². The van der Waals surface area contributed by atoms with E-state index in [0.29, 0.717) is 25.4 Å². The van der Waals surface area contributed by atoms with Crippen molar-refractivity contribution in [2.75, 3.05) is 19.6 Å². The number of carboxylic acids is 1. The van der Waals surface area contributed by atoms with Gasteiger partial charge in [0.05, 0.1) is 0 Å². The molecule has 0 saturated carbocycles.